The Morgan fingerprint density at radius 2 is 2.38 bits per heavy atom. The van der Waals surface area contributed by atoms with Crippen LogP contribution in [-0.2, 0) is 13.5 Å². The molecule has 0 spiro atoms. The van der Waals surface area contributed by atoms with Gasteiger partial charge in [-0.15, -0.1) is 0 Å². The van der Waals surface area contributed by atoms with Crippen LogP contribution in [0.1, 0.15) is 5.82 Å². The smallest absolute Gasteiger partial charge is 0.251 e. The van der Waals surface area contributed by atoms with Crippen molar-refractivity contribution in [1.82, 2.24) is 19.7 Å². The minimum absolute atomic E-state index is 0.172. The fourth-order valence-electron chi connectivity index (χ4n) is 1.52. The summed E-state index contributed by atoms with van der Waals surface area (Å²) in [5.74, 6) is 0.603. The number of rotatable bonds is 3. The molecule has 2 rings (SSSR count). The Hall–Kier alpha value is -1.95. The van der Waals surface area contributed by atoms with Crippen molar-refractivity contribution in [1.29, 1.82) is 0 Å². The first-order valence-electron chi connectivity index (χ1n) is 4.99. The zero-order valence-electron chi connectivity index (χ0n) is 8.97. The summed E-state index contributed by atoms with van der Waals surface area (Å²) in [6.07, 6.45) is 2.22. The first-order valence-corrected chi connectivity index (χ1v) is 4.99. The maximum absolute atomic E-state index is 11.4. The monoisotopic (exact) mass is 219 g/mol. The van der Waals surface area contributed by atoms with Gasteiger partial charge in [0.1, 0.15) is 5.82 Å². The van der Waals surface area contributed by atoms with Gasteiger partial charge in [0.25, 0.3) is 5.56 Å². The van der Waals surface area contributed by atoms with E-state index in [0.29, 0.717) is 24.5 Å². The van der Waals surface area contributed by atoms with E-state index in [9.17, 15) is 4.79 Å². The third kappa shape index (κ3) is 2.01. The van der Waals surface area contributed by atoms with E-state index in [1.54, 1.807) is 17.9 Å². The molecule has 0 aliphatic carbocycles. The van der Waals surface area contributed by atoms with Crippen molar-refractivity contribution in [2.45, 2.75) is 6.42 Å². The second kappa shape index (κ2) is 4.28. The van der Waals surface area contributed by atoms with Crippen LogP contribution in [0.2, 0.25) is 0 Å². The molecule has 84 valence electrons. The van der Waals surface area contributed by atoms with Gasteiger partial charge in [-0.05, 0) is 12.6 Å². The van der Waals surface area contributed by atoms with Crippen LogP contribution in [0, 0.1) is 0 Å². The van der Waals surface area contributed by atoms with E-state index in [1.807, 2.05) is 6.07 Å². The predicted molar refractivity (Wildman–Crippen MR) is 59.8 cm³/mol. The van der Waals surface area contributed by atoms with Gasteiger partial charge in [0, 0.05) is 25.7 Å². The standard InChI is InChI=1S/C10H13N5O/c1-15-8(3-5-12-15)7-6-10(16)14-9(13-7)2-4-11/h3,5-6H,2,4,11H2,1H3,(H,13,14,16). The number of hydrogen-bond donors (Lipinski definition) is 2. The van der Waals surface area contributed by atoms with Gasteiger partial charge in [0.05, 0.1) is 11.4 Å². The van der Waals surface area contributed by atoms with Gasteiger partial charge >= 0.3 is 0 Å². The Kier molecular flexibility index (Phi) is 2.82. The highest BCUT2D eigenvalue weighted by Gasteiger charge is 2.06. The largest absolute Gasteiger partial charge is 0.330 e. The summed E-state index contributed by atoms with van der Waals surface area (Å²) in [5.41, 5.74) is 6.69. The van der Waals surface area contributed by atoms with Crippen LogP contribution in [0.25, 0.3) is 11.4 Å². The van der Waals surface area contributed by atoms with E-state index in [1.165, 1.54) is 6.07 Å². The lowest BCUT2D eigenvalue weighted by atomic mass is 10.3. The summed E-state index contributed by atoms with van der Waals surface area (Å²) in [4.78, 5) is 18.4. The van der Waals surface area contributed by atoms with Gasteiger partial charge in [-0.1, -0.05) is 0 Å². The fourth-order valence-corrected chi connectivity index (χ4v) is 1.52. The molecule has 2 aromatic heterocycles. The molecule has 0 aromatic carbocycles. The Labute approximate surface area is 92.1 Å². The summed E-state index contributed by atoms with van der Waals surface area (Å²) in [5, 5.41) is 4.04. The molecular formula is C10H13N5O. The number of nitrogens with one attached hydrogen (secondary N) is 1. The maximum atomic E-state index is 11.4. The molecule has 0 radical (unpaired) electrons. The van der Waals surface area contributed by atoms with Crippen LogP contribution >= 0.6 is 0 Å². The molecule has 2 aromatic rings. The summed E-state index contributed by atoms with van der Waals surface area (Å²) in [6, 6.07) is 3.27. The zero-order valence-corrected chi connectivity index (χ0v) is 8.97. The molecule has 16 heavy (non-hydrogen) atoms. The molecule has 0 aliphatic heterocycles. The topological polar surface area (TPSA) is 89.6 Å². The summed E-state index contributed by atoms with van der Waals surface area (Å²) in [6.45, 7) is 0.456. The zero-order chi connectivity index (χ0) is 11.5. The van der Waals surface area contributed by atoms with Crippen molar-refractivity contribution in [3.63, 3.8) is 0 Å². The second-order valence-electron chi connectivity index (χ2n) is 3.46. The SMILES string of the molecule is Cn1nccc1-c1cc(=O)[nH]c(CCN)n1. The Bertz CT molecular complexity index is 542. The van der Waals surface area contributed by atoms with Crippen LogP contribution in [0.15, 0.2) is 23.1 Å². The lowest BCUT2D eigenvalue weighted by Gasteiger charge is -2.03. The molecule has 2 heterocycles. The third-order valence-corrected chi connectivity index (χ3v) is 2.26. The van der Waals surface area contributed by atoms with Crippen molar-refractivity contribution in [3.8, 4) is 11.4 Å². The number of aromatic amines is 1. The first kappa shape index (κ1) is 10.6. The van der Waals surface area contributed by atoms with E-state index >= 15 is 0 Å². The average molecular weight is 219 g/mol. The van der Waals surface area contributed by atoms with Gasteiger partial charge < -0.3 is 10.7 Å². The molecule has 0 amide bonds. The van der Waals surface area contributed by atoms with Gasteiger partial charge in [-0.3, -0.25) is 9.48 Å². The van der Waals surface area contributed by atoms with Crippen LogP contribution in [0.4, 0.5) is 0 Å². The third-order valence-electron chi connectivity index (χ3n) is 2.26. The molecule has 0 unspecified atom stereocenters. The van der Waals surface area contributed by atoms with E-state index in [4.69, 9.17) is 5.73 Å². The summed E-state index contributed by atoms with van der Waals surface area (Å²) < 4.78 is 1.67. The maximum Gasteiger partial charge on any atom is 0.251 e. The Morgan fingerprint density at radius 3 is 3.00 bits per heavy atom. The summed E-state index contributed by atoms with van der Waals surface area (Å²) >= 11 is 0. The van der Waals surface area contributed by atoms with Gasteiger partial charge in [0.2, 0.25) is 0 Å². The van der Waals surface area contributed by atoms with Crippen LogP contribution < -0.4 is 11.3 Å². The van der Waals surface area contributed by atoms with Crippen molar-refractivity contribution in [2.75, 3.05) is 6.54 Å². The molecule has 3 N–H and O–H groups in total. The normalized spacial score (nSPS) is 10.6. The van der Waals surface area contributed by atoms with E-state index in [2.05, 4.69) is 15.1 Å². The van der Waals surface area contributed by atoms with Crippen LogP contribution in [-0.4, -0.2) is 26.3 Å². The number of aromatic nitrogens is 4. The molecule has 6 nitrogen and oxygen atoms in total. The van der Waals surface area contributed by atoms with Gasteiger partial charge in [-0.2, -0.15) is 5.10 Å². The molecule has 0 saturated carbocycles. The van der Waals surface area contributed by atoms with Gasteiger partial charge in [-0.25, -0.2) is 4.98 Å². The van der Waals surface area contributed by atoms with Crippen molar-refractivity contribution >= 4 is 0 Å². The summed E-state index contributed by atoms with van der Waals surface area (Å²) in [7, 11) is 1.81. The van der Waals surface area contributed by atoms with Crippen LogP contribution in [0.3, 0.4) is 0 Å². The Morgan fingerprint density at radius 1 is 1.56 bits per heavy atom. The molecular weight excluding hydrogens is 206 g/mol. The Balaban J connectivity index is 2.49. The number of nitrogens with zero attached hydrogens (tertiary/aromatic N) is 3. The molecule has 0 aliphatic rings. The number of hydrogen-bond acceptors (Lipinski definition) is 4. The first-order chi connectivity index (χ1) is 7.70. The highest BCUT2D eigenvalue weighted by Crippen LogP contribution is 2.13. The number of H-pyrrole nitrogens is 1. The van der Waals surface area contributed by atoms with Crippen molar-refractivity contribution in [3.05, 3.63) is 34.5 Å². The lowest BCUT2D eigenvalue weighted by Crippen LogP contribution is -2.15. The number of nitrogens with two attached hydrogens (primary N) is 1. The minimum atomic E-state index is -0.172. The molecule has 6 heteroatoms. The van der Waals surface area contributed by atoms with Gasteiger partial charge in [0.15, 0.2) is 0 Å². The molecule has 0 bridgehead atoms. The molecule has 0 fully saturated rings. The molecule has 0 atom stereocenters. The van der Waals surface area contributed by atoms with Crippen molar-refractivity contribution in [2.24, 2.45) is 12.8 Å². The van der Waals surface area contributed by atoms with Crippen LogP contribution in [0.5, 0.6) is 0 Å². The van der Waals surface area contributed by atoms with E-state index in [-0.39, 0.29) is 5.56 Å². The lowest BCUT2D eigenvalue weighted by molar-refractivity contribution is 0.769. The minimum Gasteiger partial charge on any atom is -0.330 e. The quantitative estimate of drug-likeness (QED) is 0.739. The number of aryl methyl sites for hydroxylation is 1. The second-order valence-corrected chi connectivity index (χ2v) is 3.46. The molecule has 0 saturated heterocycles. The highest BCUT2D eigenvalue weighted by molar-refractivity contribution is 5.53. The average Bonchev–Trinajstić information content (AvgIpc) is 2.64. The van der Waals surface area contributed by atoms with E-state index in [0.717, 1.165) is 5.69 Å². The van der Waals surface area contributed by atoms with E-state index < -0.39 is 0 Å². The predicted octanol–water partition coefficient (Wildman–Crippen LogP) is -0.328. The fraction of sp³-hybridized carbons (Fsp3) is 0.300. The highest BCUT2D eigenvalue weighted by atomic mass is 16.1. The van der Waals surface area contributed by atoms with Crippen molar-refractivity contribution < 1.29 is 0 Å².